The molecule has 0 amide bonds. The smallest absolute Gasteiger partial charge is 0.161 e. The van der Waals surface area contributed by atoms with Crippen molar-refractivity contribution in [1.82, 2.24) is 10.2 Å². The summed E-state index contributed by atoms with van der Waals surface area (Å²) in [6.07, 6.45) is 5.65. The number of halogens is 2. The average Bonchev–Trinajstić information content (AvgIpc) is 2.91. The molecule has 0 radical (unpaired) electrons. The first kappa shape index (κ1) is 30.1. The topological polar surface area (TPSA) is 52.2 Å². The zero-order valence-corrected chi connectivity index (χ0v) is 26.1. The van der Waals surface area contributed by atoms with Gasteiger partial charge in [-0.05, 0) is 90.6 Å². The van der Waals surface area contributed by atoms with E-state index in [4.69, 9.17) is 18.9 Å². The first-order chi connectivity index (χ1) is 17.1. The molecule has 2 aromatic carbocycles. The van der Waals surface area contributed by atoms with Gasteiger partial charge in [0.05, 0.1) is 28.4 Å². The molecule has 3 aliphatic heterocycles. The Hall–Kier alpha value is -1.48. The van der Waals surface area contributed by atoms with Crippen LogP contribution in [-0.2, 0) is 12.8 Å². The van der Waals surface area contributed by atoms with Crippen LogP contribution in [0.25, 0.3) is 0 Å². The molecular formula is C29H42Br2N2O4. The van der Waals surface area contributed by atoms with Gasteiger partial charge in [-0.2, -0.15) is 0 Å². The van der Waals surface area contributed by atoms with Crippen molar-refractivity contribution in [2.45, 2.75) is 51.1 Å². The van der Waals surface area contributed by atoms with E-state index in [0.717, 1.165) is 55.4 Å². The minimum atomic E-state index is 0. The maximum Gasteiger partial charge on any atom is 0.161 e. The summed E-state index contributed by atoms with van der Waals surface area (Å²) in [4.78, 5) is 2.72. The van der Waals surface area contributed by atoms with Crippen LogP contribution in [0.4, 0.5) is 0 Å². The van der Waals surface area contributed by atoms with Crippen LogP contribution < -0.4 is 24.3 Å². The Morgan fingerprint density at radius 3 is 1.95 bits per heavy atom. The molecular weight excluding hydrogens is 600 g/mol. The lowest BCUT2D eigenvalue weighted by Gasteiger charge is -2.48. The van der Waals surface area contributed by atoms with Crippen LogP contribution in [0.15, 0.2) is 24.3 Å². The molecule has 0 bridgehead atoms. The highest BCUT2D eigenvalue weighted by molar-refractivity contribution is 8.93. The van der Waals surface area contributed by atoms with E-state index in [-0.39, 0.29) is 34.0 Å². The van der Waals surface area contributed by atoms with Gasteiger partial charge in [0.25, 0.3) is 0 Å². The van der Waals surface area contributed by atoms with Crippen molar-refractivity contribution in [2.75, 3.05) is 48.1 Å². The fraction of sp³-hybridized carbons (Fsp3) is 0.586. The number of piperidine rings is 1. The molecule has 206 valence electrons. The van der Waals surface area contributed by atoms with Gasteiger partial charge in [0.2, 0.25) is 0 Å². The zero-order chi connectivity index (χ0) is 24.5. The van der Waals surface area contributed by atoms with E-state index in [1.54, 1.807) is 28.4 Å². The van der Waals surface area contributed by atoms with Gasteiger partial charge in [-0.25, -0.2) is 0 Å². The SMILES string of the molecule is Br.Br.CC[C@H]1CN2CCc3cc(OC)c(OC)cc3[C@@H]2C[C@@H]1C[C@@H]1NCCc2cc(OC)c(OC)cc21. The molecule has 0 spiro atoms. The van der Waals surface area contributed by atoms with E-state index < -0.39 is 0 Å². The predicted molar refractivity (Wildman–Crippen MR) is 159 cm³/mol. The van der Waals surface area contributed by atoms with Crippen LogP contribution in [0.1, 0.15) is 60.5 Å². The summed E-state index contributed by atoms with van der Waals surface area (Å²) < 4.78 is 22.5. The summed E-state index contributed by atoms with van der Waals surface area (Å²) in [5.74, 6) is 4.69. The van der Waals surface area contributed by atoms with Crippen molar-refractivity contribution >= 4 is 34.0 Å². The van der Waals surface area contributed by atoms with Gasteiger partial charge in [0, 0.05) is 25.2 Å². The number of hydrogen-bond donors (Lipinski definition) is 1. The van der Waals surface area contributed by atoms with Crippen molar-refractivity contribution in [3.05, 3.63) is 46.5 Å². The van der Waals surface area contributed by atoms with Crippen LogP contribution in [0.5, 0.6) is 23.0 Å². The van der Waals surface area contributed by atoms with Crippen LogP contribution in [0.3, 0.4) is 0 Å². The summed E-state index contributed by atoms with van der Waals surface area (Å²) >= 11 is 0. The van der Waals surface area contributed by atoms with Gasteiger partial charge in [-0.15, -0.1) is 34.0 Å². The zero-order valence-electron chi connectivity index (χ0n) is 22.7. The monoisotopic (exact) mass is 640 g/mol. The first-order valence-electron chi connectivity index (χ1n) is 13.1. The molecule has 0 unspecified atom stereocenters. The molecule has 6 nitrogen and oxygen atoms in total. The van der Waals surface area contributed by atoms with Crippen LogP contribution in [0, 0.1) is 11.8 Å². The molecule has 1 N–H and O–H groups in total. The number of nitrogens with zero attached hydrogens (tertiary/aromatic N) is 1. The minimum absolute atomic E-state index is 0. The maximum atomic E-state index is 5.68. The molecule has 8 heteroatoms. The van der Waals surface area contributed by atoms with Gasteiger partial charge in [-0.1, -0.05) is 13.3 Å². The van der Waals surface area contributed by atoms with Gasteiger partial charge in [0.1, 0.15) is 0 Å². The molecule has 5 rings (SSSR count). The summed E-state index contributed by atoms with van der Waals surface area (Å²) in [5, 5.41) is 3.83. The van der Waals surface area contributed by atoms with E-state index in [0.29, 0.717) is 23.9 Å². The quantitative estimate of drug-likeness (QED) is 0.394. The van der Waals surface area contributed by atoms with Gasteiger partial charge < -0.3 is 24.3 Å². The molecule has 0 saturated carbocycles. The second-order valence-corrected chi connectivity index (χ2v) is 10.2. The lowest BCUT2D eigenvalue weighted by atomic mass is 9.72. The number of fused-ring (bicyclic) bond motifs is 4. The molecule has 0 aromatic heterocycles. The number of ether oxygens (including phenoxy) is 4. The second kappa shape index (κ2) is 13.0. The average molecular weight is 642 g/mol. The Morgan fingerprint density at radius 1 is 0.784 bits per heavy atom. The number of hydrogen-bond acceptors (Lipinski definition) is 6. The van der Waals surface area contributed by atoms with Crippen LogP contribution in [0.2, 0.25) is 0 Å². The largest absolute Gasteiger partial charge is 0.493 e. The van der Waals surface area contributed by atoms with E-state index in [9.17, 15) is 0 Å². The lowest BCUT2D eigenvalue weighted by molar-refractivity contribution is 0.0434. The Labute approximate surface area is 242 Å². The standard InChI is InChI=1S/C29H40N2O4.2BrH/c1-6-18-17-31-10-8-20-14-27(33-3)29(35-5)16-23(20)25(31)12-21(18)11-24-22-15-28(34-4)26(32-2)13-19(22)7-9-30-24;;/h13-16,18,21,24-25,30H,6-12,17H2,1-5H3;2*1H/t18-,21-,24-,25-;;/m0../s1. The van der Waals surface area contributed by atoms with E-state index >= 15 is 0 Å². The number of nitrogens with one attached hydrogen (secondary N) is 1. The molecule has 1 saturated heterocycles. The third kappa shape index (κ3) is 5.77. The van der Waals surface area contributed by atoms with Gasteiger partial charge in [-0.3, -0.25) is 4.90 Å². The molecule has 3 aliphatic rings. The first-order valence-corrected chi connectivity index (χ1v) is 13.1. The molecule has 2 aromatic rings. The van der Waals surface area contributed by atoms with Crippen LogP contribution >= 0.6 is 34.0 Å². The highest BCUT2D eigenvalue weighted by Crippen LogP contribution is 2.48. The molecule has 0 aliphatic carbocycles. The lowest BCUT2D eigenvalue weighted by Crippen LogP contribution is -2.46. The third-order valence-electron chi connectivity index (χ3n) is 8.64. The summed E-state index contributed by atoms with van der Waals surface area (Å²) in [7, 11) is 6.90. The number of methoxy groups -OCH3 is 4. The fourth-order valence-corrected chi connectivity index (χ4v) is 6.74. The molecule has 37 heavy (non-hydrogen) atoms. The summed E-state index contributed by atoms with van der Waals surface area (Å²) in [6, 6.07) is 9.61. The Bertz CT molecular complexity index is 1060. The van der Waals surface area contributed by atoms with Gasteiger partial charge >= 0.3 is 0 Å². The maximum absolute atomic E-state index is 5.68. The summed E-state index contributed by atoms with van der Waals surface area (Å²) in [5.41, 5.74) is 5.60. The number of rotatable bonds is 7. The molecule has 1 fully saturated rings. The number of benzene rings is 2. The predicted octanol–water partition coefficient (Wildman–Crippen LogP) is 6.10. The van der Waals surface area contributed by atoms with Crippen molar-refractivity contribution in [3.63, 3.8) is 0 Å². The normalized spacial score (nSPS) is 24.4. The van der Waals surface area contributed by atoms with Crippen molar-refractivity contribution in [3.8, 4) is 23.0 Å². The minimum Gasteiger partial charge on any atom is -0.493 e. The molecule has 3 heterocycles. The van der Waals surface area contributed by atoms with Gasteiger partial charge in [0.15, 0.2) is 23.0 Å². The second-order valence-electron chi connectivity index (χ2n) is 10.2. The van der Waals surface area contributed by atoms with E-state index in [1.165, 1.54) is 41.6 Å². The van der Waals surface area contributed by atoms with E-state index in [1.807, 2.05) is 0 Å². The third-order valence-corrected chi connectivity index (χ3v) is 8.64. The Kier molecular flexibility index (Phi) is 10.6. The van der Waals surface area contributed by atoms with E-state index in [2.05, 4.69) is 41.4 Å². The highest BCUT2D eigenvalue weighted by atomic mass is 79.9. The van der Waals surface area contributed by atoms with Crippen LogP contribution in [-0.4, -0.2) is 53.0 Å². The van der Waals surface area contributed by atoms with Crippen molar-refractivity contribution in [2.24, 2.45) is 11.8 Å². The highest BCUT2D eigenvalue weighted by Gasteiger charge is 2.40. The fourth-order valence-electron chi connectivity index (χ4n) is 6.74. The Balaban J connectivity index is 0.00000190. The molecule has 4 atom stereocenters. The summed E-state index contributed by atoms with van der Waals surface area (Å²) in [6.45, 7) is 5.66. The van der Waals surface area contributed by atoms with Crippen molar-refractivity contribution < 1.29 is 18.9 Å². The van der Waals surface area contributed by atoms with Crippen molar-refractivity contribution in [1.29, 1.82) is 0 Å². The Morgan fingerprint density at radius 2 is 1.35 bits per heavy atom.